The molecular formula is C20H23BrN2O6S. The number of aliphatic hydroxyl groups is 1. The summed E-state index contributed by atoms with van der Waals surface area (Å²) in [6, 6.07) is 13.5. The van der Waals surface area contributed by atoms with Crippen LogP contribution in [-0.2, 0) is 30.9 Å². The van der Waals surface area contributed by atoms with Crippen molar-refractivity contribution in [2.75, 3.05) is 13.7 Å². The number of nitrogens with one attached hydrogen (secondary N) is 1. The molecule has 0 spiro atoms. The fraction of sp³-hybridized carbons (Fsp3) is 0.300. The van der Waals surface area contributed by atoms with Crippen LogP contribution in [0.5, 0.6) is 0 Å². The Bertz CT molecular complexity index is 967. The molecule has 10 heteroatoms. The quantitative estimate of drug-likeness (QED) is 0.508. The summed E-state index contributed by atoms with van der Waals surface area (Å²) < 4.78 is 32.7. The van der Waals surface area contributed by atoms with Crippen LogP contribution in [0.2, 0.25) is 0 Å². The van der Waals surface area contributed by atoms with Gasteiger partial charge in [-0.3, -0.25) is 9.59 Å². The van der Waals surface area contributed by atoms with Gasteiger partial charge in [0.05, 0.1) is 11.5 Å². The molecule has 0 saturated carbocycles. The van der Waals surface area contributed by atoms with Crippen molar-refractivity contribution in [3.05, 3.63) is 64.6 Å². The second-order valence-electron chi connectivity index (χ2n) is 6.57. The van der Waals surface area contributed by atoms with Crippen LogP contribution in [0.15, 0.2) is 64.0 Å². The predicted octanol–water partition coefficient (Wildman–Crippen LogP) is 1.68. The van der Waals surface area contributed by atoms with Gasteiger partial charge in [0.2, 0.25) is 10.0 Å². The SMILES string of the molecule is CC(OC(=O)C(CO)NS(=O)(=O)c1ccc(Br)cc1)C(=O)N(C)Cc1ccccc1. The third kappa shape index (κ3) is 6.63. The summed E-state index contributed by atoms with van der Waals surface area (Å²) in [7, 11) is -2.50. The average molecular weight is 499 g/mol. The number of esters is 1. The van der Waals surface area contributed by atoms with Crippen LogP contribution in [0.1, 0.15) is 12.5 Å². The van der Waals surface area contributed by atoms with Gasteiger partial charge in [0.15, 0.2) is 6.10 Å². The van der Waals surface area contributed by atoms with E-state index < -0.39 is 40.7 Å². The third-order valence-electron chi connectivity index (χ3n) is 4.17. The number of aliphatic hydroxyl groups excluding tert-OH is 1. The molecule has 0 radical (unpaired) electrons. The maximum absolute atomic E-state index is 12.5. The lowest BCUT2D eigenvalue weighted by molar-refractivity contribution is -0.160. The van der Waals surface area contributed by atoms with Gasteiger partial charge in [-0.1, -0.05) is 46.3 Å². The Balaban J connectivity index is 1.99. The Morgan fingerprint density at radius 3 is 2.30 bits per heavy atom. The van der Waals surface area contributed by atoms with Gasteiger partial charge in [-0.15, -0.1) is 0 Å². The summed E-state index contributed by atoms with van der Waals surface area (Å²) in [5.74, 6) is -1.51. The summed E-state index contributed by atoms with van der Waals surface area (Å²) in [5.41, 5.74) is 0.905. The van der Waals surface area contributed by atoms with E-state index in [0.717, 1.165) is 5.56 Å². The fourth-order valence-electron chi connectivity index (χ4n) is 2.58. The highest BCUT2D eigenvalue weighted by Crippen LogP contribution is 2.15. The molecule has 0 aliphatic heterocycles. The lowest BCUT2D eigenvalue weighted by Crippen LogP contribution is -2.47. The number of nitrogens with zero attached hydrogens (tertiary/aromatic N) is 1. The largest absolute Gasteiger partial charge is 0.451 e. The minimum Gasteiger partial charge on any atom is -0.451 e. The van der Waals surface area contributed by atoms with E-state index in [1.165, 1.54) is 36.1 Å². The van der Waals surface area contributed by atoms with Gasteiger partial charge >= 0.3 is 5.97 Å². The number of benzene rings is 2. The Morgan fingerprint density at radius 1 is 1.13 bits per heavy atom. The number of carbonyl (C=O) groups excluding carboxylic acids is 2. The molecule has 2 aromatic rings. The Kier molecular flexibility index (Phi) is 8.54. The normalized spacial score (nSPS) is 13.3. The molecule has 30 heavy (non-hydrogen) atoms. The van der Waals surface area contributed by atoms with E-state index in [2.05, 4.69) is 20.7 Å². The van der Waals surface area contributed by atoms with E-state index in [-0.39, 0.29) is 4.90 Å². The van der Waals surface area contributed by atoms with Crippen LogP contribution < -0.4 is 4.72 Å². The number of halogens is 1. The molecule has 2 atom stereocenters. The lowest BCUT2D eigenvalue weighted by Gasteiger charge is -2.23. The van der Waals surface area contributed by atoms with Gasteiger partial charge in [0.25, 0.3) is 5.91 Å². The number of hydrogen-bond donors (Lipinski definition) is 2. The molecule has 2 rings (SSSR count). The number of sulfonamides is 1. The van der Waals surface area contributed by atoms with Crippen molar-refractivity contribution in [3.8, 4) is 0 Å². The molecule has 0 saturated heterocycles. The summed E-state index contributed by atoms with van der Waals surface area (Å²) in [6.07, 6.45) is -1.16. The van der Waals surface area contributed by atoms with E-state index in [1.54, 1.807) is 7.05 Å². The molecule has 8 nitrogen and oxygen atoms in total. The zero-order valence-electron chi connectivity index (χ0n) is 16.5. The van der Waals surface area contributed by atoms with Crippen LogP contribution in [0, 0.1) is 0 Å². The number of amides is 1. The van der Waals surface area contributed by atoms with Gasteiger partial charge in [-0.25, -0.2) is 8.42 Å². The monoisotopic (exact) mass is 498 g/mol. The molecule has 0 aromatic heterocycles. The Morgan fingerprint density at radius 2 is 1.73 bits per heavy atom. The highest BCUT2D eigenvalue weighted by atomic mass is 79.9. The van der Waals surface area contributed by atoms with Crippen molar-refractivity contribution in [2.24, 2.45) is 0 Å². The first-order valence-corrected chi connectivity index (χ1v) is 11.3. The van der Waals surface area contributed by atoms with Crippen molar-refractivity contribution >= 4 is 37.8 Å². The standard InChI is InChI=1S/C20H23BrN2O6S/c1-14(19(25)23(2)12-15-6-4-3-5-7-15)29-20(26)18(13-24)22-30(27,28)17-10-8-16(21)9-11-17/h3-11,14,18,22,24H,12-13H2,1-2H3. The maximum atomic E-state index is 12.5. The fourth-order valence-corrected chi connectivity index (χ4v) is 4.02. The van der Waals surface area contributed by atoms with Crippen LogP contribution in [0.4, 0.5) is 0 Å². The van der Waals surface area contributed by atoms with Gasteiger partial charge in [0, 0.05) is 18.1 Å². The van der Waals surface area contributed by atoms with E-state index in [0.29, 0.717) is 11.0 Å². The first-order chi connectivity index (χ1) is 14.1. The zero-order chi connectivity index (χ0) is 22.3. The third-order valence-corrected chi connectivity index (χ3v) is 6.18. The van der Waals surface area contributed by atoms with Crippen molar-refractivity contribution < 1.29 is 27.9 Å². The van der Waals surface area contributed by atoms with E-state index in [1.807, 2.05) is 30.3 Å². The minimum absolute atomic E-state index is 0.0799. The van der Waals surface area contributed by atoms with Crippen molar-refractivity contribution in [3.63, 3.8) is 0 Å². The average Bonchev–Trinajstić information content (AvgIpc) is 2.72. The molecule has 0 fully saturated rings. The molecule has 1 amide bonds. The predicted molar refractivity (Wildman–Crippen MR) is 114 cm³/mol. The van der Waals surface area contributed by atoms with Crippen LogP contribution in [-0.4, -0.2) is 56.1 Å². The van der Waals surface area contributed by atoms with Gasteiger partial charge < -0.3 is 14.7 Å². The molecule has 0 heterocycles. The molecule has 0 aliphatic carbocycles. The summed E-state index contributed by atoms with van der Waals surface area (Å²) in [6.45, 7) is 0.885. The summed E-state index contributed by atoms with van der Waals surface area (Å²) >= 11 is 3.21. The zero-order valence-corrected chi connectivity index (χ0v) is 18.9. The minimum atomic E-state index is -4.07. The van der Waals surface area contributed by atoms with E-state index >= 15 is 0 Å². The van der Waals surface area contributed by atoms with Gasteiger partial charge in [0.1, 0.15) is 6.04 Å². The topological polar surface area (TPSA) is 113 Å². The summed E-state index contributed by atoms with van der Waals surface area (Å²) in [4.78, 5) is 26.1. The maximum Gasteiger partial charge on any atom is 0.327 e. The van der Waals surface area contributed by atoms with Gasteiger partial charge in [-0.05, 0) is 36.8 Å². The molecule has 162 valence electrons. The van der Waals surface area contributed by atoms with Crippen LogP contribution in [0.25, 0.3) is 0 Å². The molecular weight excluding hydrogens is 476 g/mol. The first-order valence-electron chi connectivity index (χ1n) is 9.02. The van der Waals surface area contributed by atoms with Crippen LogP contribution in [0.3, 0.4) is 0 Å². The van der Waals surface area contributed by atoms with Gasteiger partial charge in [-0.2, -0.15) is 4.72 Å². The Hall–Kier alpha value is -2.27. The molecule has 2 aromatic carbocycles. The number of likely N-dealkylation sites (N-methyl/N-ethyl adjacent to an activating group) is 1. The number of carbonyl (C=O) groups is 2. The number of hydrogen-bond acceptors (Lipinski definition) is 6. The molecule has 2 unspecified atom stereocenters. The van der Waals surface area contributed by atoms with Crippen molar-refractivity contribution in [2.45, 2.75) is 30.5 Å². The molecule has 0 bridgehead atoms. The Labute approximate surface area is 184 Å². The van der Waals surface area contributed by atoms with Crippen molar-refractivity contribution in [1.29, 1.82) is 0 Å². The van der Waals surface area contributed by atoms with Crippen molar-refractivity contribution in [1.82, 2.24) is 9.62 Å². The number of ether oxygens (including phenoxy) is 1. The smallest absolute Gasteiger partial charge is 0.327 e. The summed E-state index contributed by atoms with van der Waals surface area (Å²) in [5, 5.41) is 9.48. The van der Waals surface area contributed by atoms with E-state index in [9.17, 15) is 23.1 Å². The first kappa shape index (κ1) is 24.0. The second-order valence-corrected chi connectivity index (χ2v) is 9.20. The second kappa shape index (κ2) is 10.7. The lowest BCUT2D eigenvalue weighted by atomic mass is 10.2. The highest BCUT2D eigenvalue weighted by molar-refractivity contribution is 9.10. The van der Waals surface area contributed by atoms with Crippen LogP contribution >= 0.6 is 15.9 Å². The van der Waals surface area contributed by atoms with E-state index in [4.69, 9.17) is 4.74 Å². The molecule has 0 aliphatic rings. The highest BCUT2D eigenvalue weighted by Gasteiger charge is 2.30. The molecule has 2 N–H and O–H groups in total. The number of rotatable bonds is 9.